The van der Waals surface area contributed by atoms with Gasteiger partial charge in [-0.3, -0.25) is 4.79 Å². The van der Waals surface area contributed by atoms with Crippen molar-refractivity contribution < 1.29 is 13.9 Å². The zero-order valence-electron chi connectivity index (χ0n) is 12.8. The minimum absolute atomic E-state index is 0.188. The van der Waals surface area contributed by atoms with Crippen LogP contribution in [0.15, 0.2) is 71.2 Å². The van der Waals surface area contributed by atoms with Crippen molar-refractivity contribution in [3.63, 3.8) is 0 Å². The summed E-state index contributed by atoms with van der Waals surface area (Å²) in [4.78, 5) is 12.5. The Morgan fingerprint density at radius 1 is 1.00 bits per heavy atom. The van der Waals surface area contributed by atoms with Crippen molar-refractivity contribution in [2.45, 2.75) is 0 Å². The first-order chi connectivity index (χ1) is 12.0. The molecule has 0 aliphatic carbocycles. The molecule has 1 N–H and O–H groups in total. The molecular weight excluding hydrogens is 409 g/mol. The Labute approximate surface area is 157 Å². The summed E-state index contributed by atoms with van der Waals surface area (Å²) in [6.45, 7) is 0. The van der Waals surface area contributed by atoms with Gasteiger partial charge in [0.15, 0.2) is 5.75 Å². The second-order valence-corrected chi connectivity index (χ2v) is 6.37. The van der Waals surface area contributed by atoms with E-state index in [1.54, 1.807) is 48.5 Å². The van der Waals surface area contributed by atoms with Crippen molar-refractivity contribution in [3.8, 4) is 11.5 Å². The van der Waals surface area contributed by atoms with Crippen LogP contribution in [0.3, 0.4) is 0 Å². The van der Waals surface area contributed by atoms with E-state index in [1.165, 1.54) is 12.1 Å². The fraction of sp³-hybridized carbons (Fsp3) is 0. The fourth-order valence-corrected chi connectivity index (χ4v) is 2.77. The number of ether oxygens (including phenoxy) is 1. The minimum Gasteiger partial charge on any atom is -0.454 e. The maximum atomic E-state index is 13.4. The third-order valence-electron chi connectivity index (χ3n) is 3.36. The van der Waals surface area contributed by atoms with Crippen molar-refractivity contribution in [1.82, 2.24) is 0 Å². The maximum absolute atomic E-state index is 13.4. The molecule has 0 fully saturated rings. The van der Waals surface area contributed by atoms with Gasteiger partial charge in [-0.1, -0.05) is 35.9 Å². The van der Waals surface area contributed by atoms with Crippen molar-refractivity contribution in [1.29, 1.82) is 0 Å². The highest BCUT2D eigenvalue weighted by atomic mass is 79.9. The molecule has 6 heteroatoms. The molecule has 0 aromatic heterocycles. The van der Waals surface area contributed by atoms with Crippen LogP contribution in [0.25, 0.3) is 0 Å². The molecule has 0 atom stereocenters. The number of carbonyl (C=O) groups excluding carboxylic acids is 1. The molecule has 1 amide bonds. The number of hydrogen-bond donors (Lipinski definition) is 1. The number of hydrogen-bond acceptors (Lipinski definition) is 2. The third-order valence-corrected chi connectivity index (χ3v) is 4.37. The van der Waals surface area contributed by atoms with E-state index in [0.29, 0.717) is 26.7 Å². The standard InChI is InChI=1S/C19H12BrClFNO2/c20-14-10-9-12(22)11-13(14)19(24)23-16-6-2-4-8-18(16)25-17-7-3-1-5-15(17)21/h1-11H,(H,23,24). The van der Waals surface area contributed by atoms with E-state index in [0.717, 1.165) is 6.07 Å². The maximum Gasteiger partial charge on any atom is 0.257 e. The highest BCUT2D eigenvalue weighted by molar-refractivity contribution is 9.10. The molecule has 0 radical (unpaired) electrons. The molecule has 3 aromatic rings. The van der Waals surface area contributed by atoms with Gasteiger partial charge in [0.2, 0.25) is 0 Å². The average Bonchev–Trinajstić information content (AvgIpc) is 2.60. The second kappa shape index (κ2) is 7.68. The van der Waals surface area contributed by atoms with Crippen LogP contribution in [0.5, 0.6) is 11.5 Å². The molecule has 0 spiro atoms. The summed E-state index contributed by atoms with van der Waals surface area (Å²) in [7, 11) is 0. The normalized spacial score (nSPS) is 10.4. The Morgan fingerprint density at radius 2 is 1.68 bits per heavy atom. The molecule has 0 heterocycles. The number of carbonyl (C=O) groups is 1. The summed E-state index contributed by atoms with van der Waals surface area (Å²) >= 11 is 9.36. The minimum atomic E-state index is -0.492. The molecule has 126 valence electrons. The van der Waals surface area contributed by atoms with Crippen LogP contribution in [-0.4, -0.2) is 5.91 Å². The van der Waals surface area contributed by atoms with Crippen molar-refractivity contribution in [3.05, 3.63) is 87.6 Å². The first kappa shape index (κ1) is 17.5. The lowest BCUT2D eigenvalue weighted by molar-refractivity contribution is 0.102. The Bertz CT molecular complexity index is 933. The van der Waals surface area contributed by atoms with Crippen LogP contribution < -0.4 is 10.1 Å². The van der Waals surface area contributed by atoms with Gasteiger partial charge in [0.1, 0.15) is 11.6 Å². The molecule has 0 bridgehead atoms. The van der Waals surface area contributed by atoms with Gasteiger partial charge in [0.05, 0.1) is 16.3 Å². The Kier molecular flexibility index (Phi) is 5.36. The zero-order chi connectivity index (χ0) is 17.8. The molecule has 3 rings (SSSR count). The van der Waals surface area contributed by atoms with E-state index in [-0.39, 0.29) is 5.56 Å². The van der Waals surface area contributed by atoms with Gasteiger partial charge in [-0.05, 0) is 58.4 Å². The van der Waals surface area contributed by atoms with Crippen LogP contribution in [0.2, 0.25) is 5.02 Å². The van der Waals surface area contributed by atoms with Gasteiger partial charge in [0.25, 0.3) is 5.91 Å². The average molecular weight is 421 g/mol. The number of amides is 1. The lowest BCUT2D eigenvalue weighted by Crippen LogP contribution is -2.13. The van der Waals surface area contributed by atoms with Crippen molar-refractivity contribution in [2.75, 3.05) is 5.32 Å². The number of halogens is 3. The molecule has 0 saturated carbocycles. The summed E-state index contributed by atoms with van der Waals surface area (Å²) in [6, 6.07) is 17.9. The molecule has 3 nitrogen and oxygen atoms in total. The number of para-hydroxylation sites is 3. The van der Waals surface area contributed by atoms with E-state index >= 15 is 0 Å². The predicted octanol–water partition coefficient (Wildman–Crippen LogP) is 6.29. The number of anilines is 1. The highest BCUT2D eigenvalue weighted by Crippen LogP contribution is 2.33. The molecule has 0 saturated heterocycles. The number of benzene rings is 3. The highest BCUT2D eigenvalue weighted by Gasteiger charge is 2.14. The van der Waals surface area contributed by atoms with Crippen LogP contribution >= 0.6 is 27.5 Å². The van der Waals surface area contributed by atoms with E-state index in [2.05, 4.69) is 21.2 Å². The summed E-state index contributed by atoms with van der Waals surface area (Å²) < 4.78 is 19.7. The molecule has 25 heavy (non-hydrogen) atoms. The first-order valence-corrected chi connectivity index (χ1v) is 8.49. The molecule has 0 unspecified atom stereocenters. The zero-order valence-corrected chi connectivity index (χ0v) is 15.1. The topological polar surface area (TPSA) is 38.3 Å². The van der Waals surface area contributed by atoms with Gasteiger partial charge >= 0.3 is 0 Å². The molecule has 0 aliphatic heterocycles. The van der Waals surface area contributed by atoms with Crippen molar-refractivity contribution in [2.24, 2.45) is 0 Å². The van der Waals surface area contributed by atoms with E-state index in [1.807, 2.05) is 0 Å². The summed E-state index contributed by atoms with van der Waals surface area (Å²) in [5.41, 5.74) is 0.635. The molecule has 3 aromatic carbocycles. The lowest BCUT2D eigenvalue weighted by atomic mass is 10.2. The van der Waals surface area contributed by atoms with Crippen LogP contribution in [0.1, 0.15) is 10.4 Å². The Morgan fingerprint density at radius 3 is 2.44 bits per heavy atom. The van der Waals surface area contributed by atoms with Gasteiger partial charge in [-0.15, -0.1) is 0 Å². The van der Waals surface area contributed by atoms with E-state index in [4.69, 9.17) is 16.3 Å². The Balaban J connectivity index is 1.87. The fourth-order valence-electron chi connectivity index (χ4n) is 2.17. The van der Waals surface area contributed by atoms with Gasteiger partial charge in [-0.25, -0.2) is 4.39 Å². The third kappa shape index (κ3) is 4.18. The molecular formula is C19H12BrClFNO2. The largest absolute Gasteiger partial charge is 0.454 e. The summed E-state index contributed by atoms with van der Waals surface area (Å²) in [5, 5.41) is 3.19. The number of nitrogens with one attached hydrogen (secondary N) is 1. The monoisotopic (exact) mass is 419 g/mol. The van der Waals surface area contributed by atoms with Crippen molar-refractivity contribution >= 4 is 39.1 Å². The van der Waals surface area contributed by atoms with Crippen LogP contribution in [0, 0.1) is 5.82 Å². The Hall–Kier alpha value is -2.37. The van der Waals surface area contributed by atoms with Gasteiger partial charge in [-0.2, -0.15) is 0 Å². The quantitative estimate of drug-likeness (QED) is 0.539. The second-order valence-electron chi connectivity index (χ2n) is 5.11. The first-order valence-electron chi connectivity index (χ1n) is 7.32. The van der Waals surface area contributed by atoms with Crippen LogP contribution in [0.4, 0.5) is 10.1 Å². The summed E-state index contributed by atoms with van der Waals surface area (Å²) in [6.07, 6.45) is 0. The van der Waals surface area contributed by atoms with E-state index < -0.39 is 11.7 Å². The number of rotatable bonds is 4. The van der Waals surface area contributed by atoms with E-state index in [9.17, 15) is 9.18 Å². The van der Waals surface area contributed by atoms with Gasteiger partial charge in [0, 0.05) is 4.47 Å². The lowest BCUT2D eigenvalue weighted by Gasteiger charge is -2.13. The predicted molar refractivity (Wildman–Crippen MR) is 100 cm³/mol. The van der Waals surface area contributed by atoms with Gasteiger partial charge < -0.3 is 10.1 Å². The van der Waals surface area contributed by atoms with Crippen LogP contribution in [-0.2, 0) is 0 Å². The summed E-state index contributed by atoms with van der Waals surface area (Å²) in [5.74, 6) is -0.0511. The smallest absolute Gasteiger partial charge is 0.257 e. The molecule has 0 aliphatic rings. The SMILES string of the molecule is O=C(Nc1ccccc1Oc1ccccc1Cl)c1cc(F)ccc1Br.